The van der Waals surface area contributed by atoms with Gasteiger partial charge in [0, 0.05) is 36.1 Å². The van der Waals surface area contributed by atoms with Crippen LogP contribution in [-0.2, 0) is 6.54 Å². The van der Waals surface area contributed by atoms with Crippen molar-refractivity contribution >= 4 is 28.0 Å². The quantitative estimate of drug-likeness (QED) is 0.531. The number of rotatable bonds is 4. The number of Topliss-reactive ketones (excluding diaryl/α,β-unsaturated/α-hetero) is 1. The molecule has 1 aromatic carbocycles. The SMILES string of the molecule is C=CCn1cc(C#N)c2cc(-c3nc(C)c(C(C)=O)s3)ccc21. The van der Waals surface area contributed by atoms with E-state index >= 15 is 0 Å². The van der Waals surface area contributed by atoms with Crippen LogP contribution in [0.4, 0.5) is 0 Å². The lowest BCUT2D eigenvalue weighted by molar-refractivity contribution is 0.102. The number of allylic oxidation sites excluding steroid dienone is 1. The molecule has 0 aliphatic heterocycles. The van der Waals surface area contributed by atoms with Crippen LogP contribution in [0.25, 0.3) is 21.5 Å². The average molecular weight is 321 g/mol. The van der Waals surface area contributed by atoms with E-state index in [1.54, 1.807) is 13.0 Å². The number of benzene rings is 1. The molecule has 3 rings (SSSR count). The molecule has 0 unspecified atom stereocenters. The van der Waals surface area contributed by atoms with Gasteiger partial charge in [-0.1, -0.05) is 6.08 Å². The van der Waals surface area contributed by atoms with Crippen LogP contribution in [0.15, 0.2) is 37.1 Å². The summed E-state index contributed by atoms with van der Waals surface area (Å²) < 4.78 is 2.00. The van der Waals surface area contributed by atoms with Gasteiger partial charge in [-0.05, 0) is 25.1 Å². The summed E-state index contributed by atoms with van der Waals surface area (Å²) in [7, 11) is 0. The number of carbonyl (C=O) groups excluding carboxylic acids is 1. The van der Waals surface area contributed by atoms with Crippen LogP contribution in [0.1, 0.15) is 27.9 Å². The lowest BCUT2D eigenvalue weighted by Crippen LogP contribution is -1.91. The minimum atomic E-state index is 0.0298. The van der Waals surface area contributed by atoms with Crippen LogP contribution >= 0.6 is 11.3 Å². The van der Waals surface area contributed by atoms with Gasteiger partial charge in [0.2, 0.25) is 0 Å². The number of nitrogens with zero attached hydrogens (tertiary/aromatic N) is 3. The second-order valence-electron chi connectivity index (χ2n) is 5.32. The van der Waals surface area contributed by atoms with Crippen LogP contribution in [0.5, 0.6) is 0 Å². The molecule has 23 heavy (non-hydrogen) atoms. The molecule has 114 valence electrons. The molecule has 0 atom stereocenters. The predicted molar refractivity (Wildman–Crippen MR) is 92.7 cm³/mol. The van der Waals surface area contributed by atoms with E-state index in [0.29, 0.717) is 17.0 Å². The van der Waals surface area contributed by atoms with Gasteiger partial charge in [-0.15, -0.1) is 17.9 Å². The molecule has 0 saturated carbocycles. The van der Waals surface area contributed by atoms with Crippen molar-refractivity contribution in [1.29, 1.82) is 5.26 Å². The number of nitriles is 1. The van der Waals surface area contributed by atoms with Gasteiger partial charge in [0.05, 0.1) is 16.1 Å². The predicted octanol–water partition coefficient (Wildman–Crippen LogP) is 4.33. The van der Waals surface area contributed by atoms with Gasteiger partial charge < -0.3 is 4.57 Å². The first-order chi connectivity index (χ1) is 11.0. The molecule has 0 fully saturated rings. The first-order valence-electron chi connectivity index (χ1n) is 7.17. The highest BCUT2D eigenvalue weighted by molar-refractivity contribution is 7.17. The fourth-order valence-electron chi connectivity index (χ4n) is 2.66. The molecule has 4 nitrogen and oxygen atoms in total. The lowest BCUT2D eigenvalue weighted by atomic mass is 10.1. The van der Waals surface area contributed by atoms with Crippen molar-refractivity contribution in [3.8, 4) is 16.6 Å². The van der Waals surface area contributed by atoms with E-state index in [0.717, 1.165) is 27.2 Å². The van der Waals surface area contributed by atoms with E-state index < -0.39 is 0 Å². The van der Waals surface area contributed by atoms with Crippen LogP contribution in [0, 0.1) is 18.3 Å². The lowest BCUT2D eigenvalue weighted by Gasteiger charge is -2.02. The number of ketones is 1. The molecule has 0 spiro atoms. The van der Waals surface area contributed by atoms with Crippen molar-refractivity contribution in [3.05, 3.63) is 53.2 Å². The maximum absolute atomic E-state index is 11.6. The molecule has 0 N–H and O–H groups in total. The van der Waals surface area contributed by atoms with E-state index in [2.05, 4.69) is 17.6 Å². The maximum Gasteiger partial charge on any atom is 0.171 e. The van der Waals surface area contributed by atoms with Gasteiger partial charge in [-0.3, -0.25) is 4.79 Å². The van der Waals surface area contributed by atoms with Crippen LogP contribution in [0.2, 0.25) is 0 Å². The van der Waals surface area contributed by atoms with Crippen molar-refractivity contribution in [3.63, 3.8) is 0 Å². The number of fused-ring (bicyclic) bond motifs is 1. The molecule has 0 aliphatic rings. The Morgan fingerprint density at radius 2 is 2.30 bits per heavy atom. The molecule has 0 bridgehead atoms. The van der Waals surface area contributed by atoms with E-state index in [4.69, 9.17) is 0 Å². The first kappa shape index (κ1) is 15.2. The molecule has 0 saturated heterocycles. The highest BCUT2D eigenvalue weighted by Gasteiger charge is 2.15. The Labute approximate surface area is 138 Å². The third-order valence-electron chi connectivity index (χ3n) is 3.69. The second-order valence-corrected chi connectivity index (χ2v) is 6.32. The first-order valence-corrected chi connectivity index (χ1v) is 7.99. The van der Waals surface area contributed by atoms with Crippen molar-refractivity contribution in [2.45, 2.75) is 20.4 Å². The third-order valence-corrected chi connectivity index (χ3v) is 5.00. The fraction of sp³-hybridized carbons (Fsp3) is 0.167. The van der Waals surface area contributed by atoms with Crippen molar-refractivity contribution in [2.24, 2.45) is 0 Å². The van der Waals surface area contributed by atoms with Crippen molar-refractivity contribution < 1.29 is 4.79 Å². The number of thiazole rings is 1. The Bertz CT molecular complexity index is 972. The second kappa shape index (κ2) is 5.82. The smallest absolute Gasteiger partial charge is 0.171 e. The molecule has 0 radical (unpaired) electrons. The molecule has 3 aromatic rings. The highest BCUT2D eigenvalue weighted by Crippen LogP contribution is 2.32. The fourth-order valence-corrected chi connectivity index (χ4v) is 3.61. The minimum absolute atomic E-state index is 0.0298. The molecule has 2 heterocycles. The Kier molecular flexibility index (Phi) is 3.85. The van der Waals surface area contributed by atoms with Gasteiger partial charge in [0.1, 0.15) is 11.1 Å². The molecule has 0 aliphatic carbocycles. The van der Waals surface area contributed by atoms with E-state index in [9.17, 15) is 10.1 Å². The largest absolute Gasteiger partial charge is 0.342 e. The number of aryl methyl sites for hydroxylation is 1. The number of hydrogen-bond donors (Lipinski definition) is 0. The van der Waals surface area contributed by atoms with Crippen LogP contribution in [0.3, 0.4) is 0 Å². The average Bonchev–Trinajstić information content (AvgIpc) is 3.08. The zero-order valence-corrected chi connectivity index (χ0v) is 13.8. The zero-order valence-electron chi connectivity index (χ0n) is 13.0. The van der Waals surface area contributed by atoms with E-state index in [1.165, 1.54) is 11.3 Å². The summed E-state index contributed by atoms with van der Waals surface area (Å²) >= 11 is 1.39. The van der Waals surface area contributed by atoms with Gasteiger partial charge >= 0.3 is 0 Å². The summed E-state index contributed by atoms with van der Waals surface area (Å²) in [4.78, 5) is 16.8. The molecule has 5 heteroatoms. The topological polar surface area (TPSA) is 58.7 Å². The van der Waals surface area contributed by atoms with Gasteiger partial charge in [0.15, 0.2) is 5.78 Å². The van der Waals surface area contributed by atoms with Crippen LogP contribution in [-0.4, -0.2) is 15.3 Å². The molecular formula is C18H15N3OS. The standard InChI is InChI=1S/C18H15N3OS/c1-4-7-21-10-14(9-19)15-8-13(5-6-16(15)21)18-20-11(2)17(23-18)12(3)22/h4-6,8,10H,1,7H2,2-3H3. The summed E-state index contributed by atoms with van der Waals surface area (Å²) in [6, 6.07) is 8.17. The number of aromatic nitrogens is 2. The zero-order chi connectivity index (χ0) is 16.6. The Morgan fingerprint density at radius 3 is 2.91 bits per heavy atom. The Morgan fingerprint density at radius 1 is 1.52 bits per heavy atom. The van der Waals surface area contributed by atoms with Gasteiger partial charge in [0.25, 0.3) is 0 Å². The number of carbonyl (C=O) groups is 1. The minimum Gasteiger partial charge on any atom is -0.342 e. The maximum atomic E-state index is 11.6. The third kappa shape index (κ3) is 2.58. The van der Waals surface area contributed by atoms with E-state index in [1.807, 2.05) is 35.9 Å². The van der Waals surface area contributed by atoms with Gasteiger partial charge in [-0.2, -0.15) is 5.26 Å². The normalized spacial score (nSPS) is 10.7. The Hall–Kier alpha value is -2.71. The van der Waals surface area contributed by atoms with Gasteiger partial charge in [-0.25, -0.2) is 4.98 Å². The molecule has 0 amide bonds. The van der Waals surface area contributed by atoms with Crippen LogP contribution < -0.4 is 0 Å². The molecular weight excluding hydrogens is 306 g/mol. The monoisotopic (exact) mass is 321 g/mol. The summed E-state index contributed by atoms with van der Waals surface area (Å²) in [6.45, 7) is 7.80. The summed E-state index contributed by atoms with van der Waals surface area (Å²) in [5.41, 5.74) is 3.29. The summed E-state index contributed by atoms with van der Waals surface area (Å²) in [5, 5.41) is 11.0. The Balaban J connectivity index is 2.17. The summed E-state index contributed by atoms with van der Waals surface area (Å²) in [6.07, 6.45) is 3.64. The molecule has 2 aromatic heterocycles. The van der Waals surface area contributed by atoms with Crippen molar-refractivity contribution in [2.75, 3.05) is 0 Å². The van der Waals surface area contributed by atoms with E-state index in [-0.39, 0.29) is 5.78 Å². The highest BCUT2D eigenvalue weighted by atomic mass is 32.1. The van der Waals surface area contributed by atoms with Crippen molar-refractivity contribution in [1.82, 2.24) is 9.55 Å². The summed E-state index contributed by atoms with van der Waals surface area (Å²) in [5.74, 6) is 0.0298. The number of hydrogen-bond acceptors (Lipinski definition) is 4.